The average Bonchev–Trinajstić information content (AvgIpc) is 3.43. The van der Waals surface area contributed by atoms with Gasteiger partial charge in [0.15, 0.2) is 5.13 Å². The van der Waals surface area contributed by atoms with Gasteiger partial charge < -0.3 is 14.5 Å². The molecule has 0 bridgehead atoms. The molecule has 9 heteroatoms. The van der Waals surface area contributed by atoms with Gasteiger partial charge in [0.25, 0.3) is 5.91 Å². The van der Waals surface area contributed by atoms with E-state index >= 15 is 0 Å². The third-order valence-corrected chi connectivity index (χ3v) is 7.42. The molecule has 3 heterocycles. The van der Waals surface area contributed by atoms with Crippen molar-refractivity contribution in [2.75, 3.05) is 43.1 Å². The first-order valence-corrected chi connectivity index (χ1v) is 11.7. The third-order valence-electron chi connectivity index (χ3n) is 6.17. The molecule has 0 spiro atoms. The number of aryl methyl sites for hydroxylation is 1. The van der Waals surface area contributed by atoms with E-state index in [0.29, 0.717) is 37.4 Å². The second-order valence-electron chi connectivity index (χ2n) is 8.21. The van der Waals surface area contributed by atoms with Crippen LogP contribution in [-0.2, 0) is 9.59 Å². The number of nitrogens with zero attached hydrogens (tertiary/aromatic N) is 4. The molecule has 0 aliphatic carbocycles. The van der Waals surface area contributed by atoms with Crippen molar-refractivity contribution in [1.82, 2.24) is 9.88 Å². The minimum atomic E-state index is -0.196. The lowest BCUT2D eigenvalue weighted by molar-refractivity contribution is -0.121. The van der Waals surface area contributed by atoms with Crippen molar-refractivity contribution >= 4 is 50.1 Å². The van der Waals surface area contributed by atoms with E-state index in [-0.39, 0.29) is 30.6 Å². The van der Waals surface area contributed by atoms with Crippen LogP contribution in [0.3, 0.4) is 0 Å². The predicted molar refractivity (Wildman–Crippen MR) is 127 cm³/mol. The summed E-state index contributed by atoms with van der Waals surface area (Å²) in [5, 5.41) is 0.939. The first kappa shape index (κ1) is 21.4. The van der Waals surface area contributed by atoms with Crippen LogP contribution in [0.1, 0.15) is 28.8 Å². The summed E-state index contributed by atoms with van der Waals surface area (Å²) in [6, 6.07) is 10.7. The molecule has 0 atom stereocenters. The molecule has 2 aromatic carbocycles. The highest BCUT2D eigenvalue weighted by atomic mass is 32.1. The zero-order valence-corrected chi connectivity index (χ0v) is 19.4. The maximum Gasteiger partial charge on any atom is 0.253 e. The quantitative estimate of drug-likeness (QED) is 0.552. The van der Waals surface area contributed by atoms with Crippen molar-refractivity contribution in [2.45, 2.75) is 19.8 Å². The summed E-state index contributed by atoms with van der Waals surface area (Å²) in [7, 11) is 1.65. The second-order valence-corrected chi connectivity index (χ2v) is 9.19. The van der Waals surface area contributed by atoms with Crippen molar-refractivity contribution in [3.63, 3.8) is 0 Å². The Morgan fingerprint density at radius 3 is 2.27 bits per heavy atom. The SMILES string of the molecule is COc1ccc(C)c2sc(N3CCN(C(=O)c4ccc(N5C(=O)CCC5=O)cc4)CC3)nc12. The number of aromatic nitrogens is 1. The minimum absolute atomic E-state index is 0.0536. The first-order valence-electron chi connectivity index (χ1n) is 10.9. The van der Waals surface area contributed by atoms with Crippen molar-refractivity contribution in [3.8, 4) is 5.75 Å². The lowest BCUT2D eigenvalue weighted by Crippen LogP contribution is -2.48. The van der Waals surface area contributed by atoms with E-state index in [1.165, 1.54) is 10.5 Å². The lowest BCUT2D eigenvalue weighted by atomic mass is 10.1. The van der Waals surface area contributed by atoms with Gasteiger partial charge in [0.2, 0.25) is 11.8 Å². The van der Waals surface area contributed by atoms with Gasteiger partial charge in [-0.25, -0.2) is 4.98 Å². The van der Waals surface area contributed by atoms with Gasteiger partial charge in [-0.1, -0.05) is 17.4 Å². The number of ether oxygens (including phenoxy) is 1. The van der Waals surface area contributed by atoms with Crippen LogP contribution >= 0.6 is 11.3 Å². The van der Waals surface area contributed by atoms with Crippen LogP contribution in [-0.4, -0.2) is 60.9 Å². The summed E-state index contributed by atoms with van der Waals surface area (Å²) in [5.41, 5.74) is 3.12. The van der Waals surface area contributed by atoms with Crippen LogP contribution in [0.25, 0.3) is 10.2 Å². The average molecular weight is 465 g/mol. The van der Waals surface area contributed by atoms with Crippen LogP contribution in [0.4, 0.5) is 10.8 Å². The Morgan fingerprint density at radius 1 is 0.970 bits per heavy atom. The number of fused-ring (bicyclic) bond motifs is 1. The summed E-state index contributed by atoms with van der Waals surface area (Å²) in [6.45, 7) is 4.65. The van der Waals surface area contributed by atoms with Gasteiger partial charge in [0, 0.05) is 44.6 Å². The minimum Gasteiger partial charge on any atom is -0.494 e. The fourth-order valence-corrected chi connectivity index (χ4v) is 5.40. The van der Waals surface area contributed by atoms with Gasteiger partial charge in [-0.3, -0.25) is 19.3 Å². The molecular weight excluding hydrogens is 440 g/mol. The second kappa shape index (κ2) is 8.47. The number of hydrogen-bond donors (Lipinski definition) is 0. The zero-order valence-electron chi connectivity index (χ0n) is 18.5. The van der Waals surface area contributed by atoms with Crippen molar-refractivity contribution < 1.29 is 19.1 Å². The number of benzene rings is 2. The molecule has 2 aliphatic rings. The van der Waals surface area contributed by atoms with Crippen LogP contribution in [0.15, 0.2) is 36.4 Å². The number of imide groups is 1. The highest BCUT2D eigenvalue weighted by Crippen LogP contribution is 2.36. The summed E-state index contributed by atoms with van der Waals surface area (Å²) in [4.78, 5) is 46.9. The topological polar surface area (TPSA) is 83.0 Å². The molecule has 0 saturated carbocycles. The van der Waals surface area contributed by atoms with Crippen LogP contribution in [0.2, 0.25) is 0 Å². The zero-order chi connectivity index (χ0) is 23.1. The summed E-state index contributed by atoms with van der Waals surface area (Å²) in [6.07, 6.45) is 0.482. The van der Waals surface area contributed by atoms with Crippen molar-refractivity contribution in [1.29, 1.82) is 0 Å². The van der Waals surface area contributed by atoms with Gasteiger partial charge in [-0.05, 0) is 42.8 Å². The number of piperazine rings is 1. The third kappa shape index (κ3) is 3.82. The molecule has 33 heavy (non-hydrogen) atoms. The summed E-state index contributed by atoms with van der Waals surface area (Å²) < 4.78 is 6.59. The van der Waals surface area contributed by atoms with Gasteiger partial charge >= 0.3 is 0 Å². The number of hydrogen-bond acceptors (Lipinski definition) is 7. The smallest absolute Gasteiger partial charge is 0.253 e. The highest BCUT2D eigenvalue weighted by molar-refractivity contribution is 7.22. The molecule has 2 aliphatic heterocycles. The molecule has 2 saturated heterocycles. The Balaban J connectivity index is 1.26. The number of anilines is 2. The molecule has 3 amide bonds. The predicted octanol–water partition coefficient (Wildman–Crippen LogP) is 3.23. The number of carbonyl (C=O) groups excluding carboxylic acids is 3. The Morgan fingerprint density at radius 2 is 1.64 bits per heavy atom. The molecule has 5 rings (SSSR count). The monoisotopic (exact) mass is 464 g/mol. The Labute approximate surface area is 195 Å². The van der Waals surface area contributed by atoms with Gasteiger partial charge in [0.05, 0.1) is 17.5 Å². The molecule has 2 fully saturated rings. The Bertz CT molecular complexity index is 1230. The maximum atomic E-state index is 13.0. The lowest BCUT2D eigenvalue weighted by Gasteiger charge is -2.34. The molecule has 0 unspecified atom stereocenters. The first-order chi connectivity index (χ1) is 16.0. The van der Waals surface area contributed by atoms with E-state index in [9.17, 15) is 14.4 Å². The van der Waals surface area contributed by atoms with Gasteiger partial charge in [-0.15, -0.1) is 0 Å². The Hall–Kier alpha value is -3.46. The van der Waals surface area contributed by atoms with Crippen LogP contribution in [0, 0.1) is 6.92 Å². The number of thiazole rings is 1. The van der Waals surface area contributed by atoms with Gasteiger partial charge in [0.1, 0.15) is 11.3 Å². The van der Waals surface area contributed by atoms with E-state index in [1.54, 1.807) is 42.7 Å². The normalized spacial score (nSPS) is 16.7. The van der Waals surface area contributed by atoms with Crippen molar-refractivity contribution in [3.05, 3.63) is 47.5 Å². The molecule has 0 N–H and O–H groups in total. The number of amides is 3. The number of rotatable bonds is 4. The molecule has 0 radical (unpaired) electrons. The van der Waals surface area contributed by atoms with E-state index in [0.717, 1.165) is 21.1 Å². The van der Waals surface area contributed by atoms with Crippen molar-refractivity contribution in [2.24, 2.45) is 0 Å². The van der Waals surface area contributed by atoms with Gasteiger partial charge in [-0.2, -0.15) is 0 Å². The molecular formula is C24H24N4O4S. The van der Waals surface area contributed by atoms with E-state index in [1.807, 2.05) is 17.0 Å². The Kier molecular flexibility index (Phi) is 5.49. The van der Waals surface area contributed by atoms with E-state index < -0.39 is 0 Å². The highest BCUT2D eigenvalue weighted by Gasteiger charge is 2.30. The molecule has 1 aromatic heterocycles. The standard InChI is InChI=1S/C24H24N4O4S/c1-15-3-8-18(32-2)21-22(15)33-24(25-21)27-13-11-26(12-14-27)23(31)16-4-6-17(7-5-16)28-19(29)9-10-20(28)30/h3-8H,9-14H2,1-2H3. The summed E-state index contributed by atoms with van der Waals surface area (Å²) >= 11 is 1.65. The molecule has 170 valence electrons. The number of carbonyl (C=O) groups is 3. The molecule has 3 aromatic rings. The fraction of sp³-hybridized carbons (Fsp3) is 0.333. The van der Waals surface area contributed by atoms with E-state index in [2.05, 4.69) is 11.8 Å². The fourth-order valence-electron chi connectivity index (χ4n) is 4.30. The maximum absolute atomic E-state index is 13.0. The van der Waals surface area contributed by atoms with Crippen LogP contribution in [0.5, 0.6) is 5.75 Å². The molecule has 8 nitrogen and oxygen atoms in total. The summed E-state index contributed by atoms with van der Waals surface area (Å²) in [5.74, 6) is 0.325. The largest absolute Gasteiger partial charge is 0.494 e. The van der Waals surface area contributed by atoms with E-state index in [4.69, 9.17) is 9.72 Å². The van der Waals surface area contributed by atoms with Crippen LogP contribution < -0.4 is 14.5 Å². The number of methoxy groups -OCH3 is 1.